The van der Waals surface area contributed by atoms with Crippen LogP contribution in [0.1, 0.15) is 21.5 Å². The Morgan fingerprint density at radius 2 is 1.47 bits per heavy atom. The van der Waals surface area contributed by atoms with Crippen molar-refractivity contribution in [3.05, 3.63) is 118 Å². The zero-order valence-electron chi connectivity index (χ0n) is 19.0. The number of ether oxygens (including phenoxy) is 1. The third-order valence-electron chi connectivity index (χ3n) is 5.56. The number of amides is 1. The van der Waals surface area contributed by atoms with Gasteiger partial charge in [0.2, 0.25) is 0 Å². The lowest BCUT2D eigenvalue weighted by atomic mass is 10.0. The van der Waals surface area contributed by atoms with Gasteiger partial charge in [0, 0.05) is 29.9 Å². The molecule has 0 aliphatic heterocycles. The molecule has 0 spiro atoms. The maximum atomic E-state index is 12.7. The number of carbonyl (C=O) groups is 2. The van der Waals surface area contributed by atoms with E-state index in [1.54, 1.807) is 36.4 Å². The molecule has 4 aromatic rings. The average molecular weight is 521 g/mol. The fourth-order valence-electron chi connectivity index (χ4n) is 3.58. The smallest absolute Gasteiger partial charge is 0.326 e. The van der Waals surface area contributed by atoms with Gasteiger partial charge < -0.3 is 15.2 Å². The summed E-state index contributed by atoms with van der Waals surface area (Å²) in [5.41, 5.74) is 3.75. The molecule has 0 aliphatic carbocycles. The fraction of sp³-hybridized carbons (Fsp3) is 0.107. The summed E-state index contributed by atoms with van der Waals surface area (Å²) < 4.78 is 5.74. The Kier molecular flexibility index (Phi) is 8.21. The second-order valence-corrected chi connectivity index (χ2v) is 8.84. The molecule has 1 aromatic heterocycles. The van der Waals surface area contributed by atoms with E-state index >= 15 is 0 Å². The molecule has 1 atom stereocenters. The number of nitrogens with one attached hydrogen (secondary N) is 1. The van der Waals surface area contributed by atoms with E-state index < -0.39 is 17.9 Å². The number of hydrogen-bond donors (Lipinski definition) is 2. The molecule has 182 valence electrons. The number of hydrogen-bond acceptors (Lipinski definition) is 4. The van der Waals surface area contributed by atoms with Crippen molar-refractivity contribution < 1.29 is 19.4 Å². The number of pyridine rings is 1. The van der Waals surface area contributed by atoms with E-state index in [2.05, 4.69) is 10.3 Å². The molecule has 0 bridgehead atoms. The monoisotopic (exact) mass is 520 g/mol. The van der Waals surface area contributed by atoms with Gasteiger partial charge in [-0.2, -0.15) is 0 Å². The highest BCUT2D eigenvalue weighted by Crippen LogP contribution is 2.25. The zero-order chi connectivity index (χ0) is 25.5. The summed E-state index contributed by atoms with van der Waals surface area (Å²) in [6.07, 6.45) is 3.10. The molecular formula is C28H22Cl2N2O4. The summed E-state index contributed by atoms with van der Waals surface area (Å²) in [4.78, 5) is 28.4. The average Bonchev–Trinajstić information content (AvgIpc) is 2.89. The first kappa shape index (κ1) is 25.2. The van der Waals surface area contributed by atoms with Gasteiger partial charge in [0.25, 0.3) is 5.91 Å². The van der Waals surface area contributed by atoms with Crippen LogP contribution in [-0.4, -0.2) is 28.0 Å². The Balaban J connectivity index is 1.36. The van der Waals surface area contributed by atoms with Gasteiger partial charge in [0.15, 0.2) is 0 Å². The van der Waals surface area contributed by atoms with Gasteiger partial charge in [-0.15, -0.1) is 0 Å². The first-order valence-electron chi connectivity index (χ1n) is 11.1. The van der Waals surface area contributed by atoms with E-state index in [0.29, 0.717) is 26.9 Å². The number of nitrogens with zero attached hydrogens (tertiary/aromatic N) is 1. The third-order valence-corrected chi connectivity index (χ3v) is 6.21. The number of aromatic nitrogens is 1. The van der Waals surface area contributed by atoms with Crippen molar-refractivity contribution in [2.45, 2.75) is 19.1 Å². The molecule has 1 unspecified atom stereocenters. The minimum absolute atomic E-state index is 0.117. The van der Waals surface area contributed by atoms with Crippen LogP contribution in [0.15, 0.2) is 91.3 Å². The van der Waals surface area contributed by atoms with Gasteiger partial charge in [-0.05, 0) is 41.0 Å². The van der Waals surface area contributed by atoms with Crippen LogP contribution in [0.3, 0.4) is 0 Å². The van der Waals surface area contributed by atoms with Crippen LogP contribution in [-0.2, 0) is 17.8 Å². The molecular weight excluding hydrogens is 499 g/mol. The first-order valence-corrected chi connectivity index (χ1v) is 11.8. The number of carboxylic acids is 1. The molecule has 36 heavy (non-hydrogen) atoms. The Labute approximate surface area is 218 Å². The number of rotatable bonds is 9. The van der Waals surface area contributed by atoms with E-state index in [-0.39, 0.29) is 13.0 Å². The van der Waals surface area contributed by atoms with Gasteiger partial charge in [-0.3, -0.25) is 9.78 Å². The molecule has 2 N–H and O–H groups in total. The topological polar surface area (TPSA) is 88.5 Å². The molecule has 0 radical (unpaired) electrons. The van der Waals surface area contributed by atoms with Gasteiger partial charge >= 0.3 is 5.97 Å². The van der Waals surface area contributed by atoms with Crippen LogP contribution < -0.4 is 10.1 Å². The Morgan fingerprint density at radius 1 is 0.861 bits per heavy atom. The second-order valence-electron chi connectivity index (χ2n) is 8.03. The lowest BCUT2D eigenvalue weighted by molar-refractivity contribution is -0.139. The summed E-state index contributed by atoms with van der Waals surface area (Å²) in [6, 6.07) is 22.7. The molecule has 1 heterocycles. The molecule has 8 heteroatoms. The van der Waals surface area contributed by atoms with Crippen LogP contribution in [0, 0.1) is 0 Å². The maximum absolute atomic E-state index is 12.7. The lowest BCUT2D eigenvalue weighted by Gasteiger charge is -2.15. The molecule has 4 rings (SSSR count). The molecule has 0 saturated heterocycles. The zero-order valence-corrected chi connectivity index (χ0v) is 20.5. The number of aliphatic carboxylic acids is 1. The number of carboxylic acid groups (broad SMARTS) is 1. The molecule has 0 aliphatic rings. The SMILES string of the molecule is O=C(NC(Cc1ccc(OCc2c(Cl)cncc2Cl)cc1)C(=O)O)c1ccc(-c2ccccc2)cc1. The minimum Gasteiger partial charge on any atom is -0.489 e. The number of halogens is 2. The van der Waals surface area contributed by atoms with Gasteiger partial charge in [-0.25, -0.2) is 4.79 Å². The molecule has 0 fully saturated rings. The van der Waals surface area contributed by atoms with E-state index in [4.69, 9.17) is 27.9 Å². The van der Waals surface area contributed by atoms with Crippen molar-refractivity contribution in [2.24, 2.45) is 0 Å². The standard InChI is InChI=1S/C28H22Cl2N2O4/c29-24-15-31-16-25(30)23(24)17-36-22-12-6-18(7-13-22)14-26(28(34)35)32-27(33)21-10-8-20(9-11-21)19-4-2-1-3-5-19/h1-13,15-16,26H,14,17H2,(H,32,33)(H,34,35). The minimum atomic E-state index is -1.12. The predicted octanol–water partition coefficient (Wildman–Crippen LogP) is 6.06. The van der Waals surface area contributed by atoms with Crippen molar-refractivity contribution in [3.63, 3.8) is 0 Å². The second kappa shape index (κ2) is 11.7. The summed E-state index contributed by atoms with van der Waals surface area (Å²) >= 11 is 12.2. The van der Waals surface area contributed by atoms with Gasteiger partial charge in [-0.1, -0.05) is 77.8 Å². The summed E-state index contributed by atoms with van der Waals surface area (Å²) in [7, 11) is 0. The third kappa shape index (κ3) is 6.42. The van der Waals surface area contributed by atoms with E-state index in [9.17, 15) is 14.7 Å². The Hall–Kier alpha value is -3.87. The van der Waals surface area contributed by atoms with Gasteiger partial charge in [0.05, 0.1) is 10.0 Å². The van der Waals surface area contributed by atoms with E-state index in [0.717, 1.165) is 16.7 Å². The van der Waals surface area contributed by atoms with Crippen LogP contribution in [0.2, 0.25) is 10.0 Å². The highest BCUT2D eigenvalue weighted by molar-refractivity contribution is 6.35. The fourth-order valence-corrected chi connectivity index (χ4v) is 4.05. The van der Waals surface area contributed by atoms with Crippen molar-refractivity contribution in [1.29, 1.82) is 0 Å². The summed E-state index contributed by atoms with van der Waals surface area (Å²) in [6.45, 7) is 0.163. The number of benzene rings is 3. The highest BCUT2D eigenvalue weighted by Gasteiger charge is 2.21. The molecule has 1 amide bonds. The van der Waals surface area contributed by atoms with Crippen molar-refractivity contribution in [2.75, 3.05) is 0 Å². The van der Waals surface area contributed by atoms with Crippen LogP contribution in [0.4, 0.5) is 0 Å². The first-order chi connectivity index (χ1) is 17.4. The summed E-state index contributed by atoms with van der Waals surface area (Å²) in [5.74, 6) is -1.00. The Bertz CT molecular complexity index is 1320. The molecule has 6 nitrogen and oxygen atoms in total. The van der Waals surface area contributed by atoms with Crippen LogP contribution >= 0.6 is 23.2 Å². The van der Waals surface area contributed by atoms with Crippen LogP contribution in [0.25, 0.3) is 11.1 Å². The van der Waals surface area contributed by atoms with Crippen molar-refractivity contribution in [1.82, 2.24) is 10.3 Å². The maximum Gasteiger partial charge on any atom is 0.326 e. The quantitative estimate of drug-likeness (QED) is 0.280. The molecule has 0 saturated carbocycles. The van der Waals surface area contributed by atoms with Crippen molar-refractivity contribution >= 4 is 35.1 Å². The highest BCUT2D eigenvalue weighted by atomic mass is 35.5. The van der Waals surface area contributed by atoms with Crippen molar-refractivity contribution in [3.8, 4) is 16.9 Å². The normalized spacial score (nSPS) is 11.5. The lowest BCUT2D eigenvalue weighted by Crippen LogP contribution is -2.42. The molecule has 3 aromatic carbocycles. The predicted molar refractivity (Wildman–Crippen MR) is 140 cm³/mol. The largest absolute Gasteiger partial charge is 0.489 e. The number of carbonyl (C=O) groups excluding carboxylic acids is 1. The Morgan fingerprint density at radius 3 is 2.08 bits per heavy atom. The van der Waals surface area contributed by atoms with E-state index in [1.165, 1.54) is 12.4 Å². The van der Waals surface area contributed by atoms with Gasteiger partial charge in [0.1, 0.15) is 18.4 Å². The van der Waals surface area contributed by atoms with Crippen LogP contribution in [0.5, 0.6) is 5.75 Å². The summed E-state index contributed by atoms with van der Waals surface area (Å²) in [5, 5.41) is 13.1. The van der Waals surface area contributed by atoms with E-state index in [1.807, 2.05) is 42.5 Å².